The van der Waals surface area contributed by atoms with E-state index < -0.39 is 0 Å². The van der Waals surface area contributed by atoms with Gasteiger partial charge in [-0.3, -0.25) is 14.5 Å². The summed E-state index contributed by atoms with van der Waals surface area (Å²) < 4.78 is 0. The predicted molar refractivity (Wildman–Crippen MR) is 68.2 cm³/mol. The van der Waals surface area contributed by atoms with Crippen LogP contribution in [0.25, 0.3) is 11.0 Å². The number of aromatic nitrogens is 3. The van der Waals surface area contributed by atoms with E-state index in [1.807, 2.05) is 18.2 Å². The number of piperidine rings is 1. The number of para-hydroxylation sites is 1. The molecule has 2 heterocycles. The molecule has 98 valence electrons. The number of hydrogen-bond donors (Lipinski definition) is 1. The molecule has 1 aliphatic rings. The average Bonchev–Trinajstić information content (AvgIpc) is 2.87. The van der Waals surface area contributed by atoms with E-state index in [9.17, 15) is 9.59 Å². The Balaban J connectivity index is 1.77. The Bertz CT molecular complexity index is 618. The third kappa shape index (κ3) is 2.21. The van der Waals surface area contributed by atoms with Gasteiger partial charge in [0.05, 0.1) is 0 Å². The fourth-order valence-electron chi connectivity index (χ4n) is 2.41. The van der Waals surface area contributed by atoms with Crippen LogP contribution in [0.2, 0.25) is 0 Å². The average molecular weight is 258 g/mol. The molecule has 0 aliphatic carbocycles. The van der Waals surface area contributed by atoms with Gasteiger partial charge in [-0.25, -0.2) is 0 Å². The van der Waals surface area contributed by atoms with E-state index in [1.54, 1.807) is 0 Å². The van der Waals surface area contributed by atoms with E-state index >= 15 is 0 Å². The lowest BCUT2D eigenvalue weighted by molar-refractivity contribution is -0.147. The van der Waals surface area contributed by atoms with Gasteiger partial charge in [-0.15, -0.1) is 0 Å². The van der Waals surface area contributed by atoms with Gasteiger partial charge < -0.3 is 0 Å². The zero-order valence-corrected chi connectivity index (χ0v) is 10.4. The number of carbonyl (C=O) groups is 2. The molecule has 3 rings (SSSR count). The Morgan fingerprint density at radius 1 is 1.16 bits per heavy atom. The first-order valence-corrected chi connectivity index (χ1v) is 6.37. The van der Waals surface area contributed by atoms with Crippen molar-refractivity contribution in [1.82, 2.24) is 20.3 Å². The highest BCUT2D eigenvalue weighted by Gasteiger charge is 2.25. The van der Waals surface area contributed by atoms with Crippen molar-refractivity contribution in [1.29, 1.82) is 0 Å². The summed E-state index contributed by atoms with van der Waals surface area (Å²) in [4.78, 5) is 24.8. The number of likely N-dealkylation sites (tertiary alicyclic amines) is 1. The van der Waals surface area contributed by atoms with Gasteiger partial charge in [0.1, 0.15) is 11.0 Å². The van der Waals surface area contributed by atoms with Gasteiger partial charge in [-0.05, 0) is 24.5 Å². The van der Waals surface area contributed by atoms with Crippen LogP contribution in [0.15, 0.2) is 18.2 Å². The number of nitrogens with one attached hydrogen (secondary N) is 1. The molecule has 2 amide bonds. The summed E-state index contributed by atoms with van der Waals surface area (Å²) in [6.45, 7) is 0.420. The van der Waals surface area contributed by atoms with Gasteiger partial charge in [-0.1, -0.05) is 12.1 Å². The zero-order chi connectivity index (χ0) is 13.2. The quantitative estimate of drug-likeness (QED) is 0.834. The topological polar surface area (TPSA) is 79.0 Å². The number of imide groups is 1. The van der Waals surface area contributed by atoms with Crippen LogP contribution in [0.1, 0.15) is 24.8 Å². The summed E-state index contributed by atoms with van der Waals surface area (Å²) in [5.41, 5.74) is 2.60. The zero-order valence-electron chi connectivity index (χ0n) is 10.4. The fourth-order valence-corrected chi connectivity index (χ4v) is 2.41. The monoisotopic (exact) mass is 258 g/mol. The molecule has 2 aromatic rings. The highest BCUT2D eigenvalue weighted by atomic mass is 16.2. The number of rotatable bonds is 3. The predicted octanol–water partition coefficient (Wildman–Crippen LogP) is 1.04. The van der Waals surface area contributed by atoms with Gasteiger partial charge in [0.2, 0.25) is 11.8 Å². The Labute approximate surface area is 109 Å². The van der Waals surface area contributed by atoms with Gasteiger partial charge >= 0.3 is 0 Å². The largest absolute Gasteiger partial charge is 0.282 e. The molecule has 0 radical (unpaired) electrons. The molecular formula is C13H14N4O2. The lowest BCUT2D eigenvalue weighted by Gasteiger charge is -2.24. The molecule has 0 atom stereocenters. The molecule has 0 saturated carbocycles. The first kappa shape index (κ1) is 11.8. The summed E-state index contributed by atoms with van der Waals surface area (Å²) in [7, 11) is 0. The standard InChI is InChI=1S/C13H14N4O2/c18-11-5-2-6-12(19)17(11)8-7-9-3-1-4-10-13(9)15-16-14-10/h1,3-4H,2,5-8H2,(H,14,15,16). The highest BCUT2D eigenvalue weighted by Crippen LogP contribution is 2.17. The highest BCUT2D eigenvalue weighted by molar-refractivity contribution is 5.97. The SMILES string of the molecule is O=C1CCCC(=O)N1CCc1cccc2n[nH]nc12. The van der Waals surface area contributed by atoms with Crippen molar-refractivity contribution in [3.63, 3.8) is 0 Å². The van der Waals surface area contributed by atoms with E-state index in [0.29, 0.717) is 32.2 Å². The minimum absolute atomic E-state index is 0.0661. The normalized spacial score (nSPS) is 16.3. The molecule has 6 heteroatoms. The van der Waals surface area contributed by atoms with Crippen LogP contribution in [0, 0.1) is 0 Å². The van der Waals surface area contributed by atoms with Crippen molar-refractivity contribution in [2.45, 2.75) is 25.7 Å². The summed E-state index contributed by atoms with van der Waals surface area (Å²) in [6.07, 6.45) is 2.23. The molecule has 1 fully saturated rings. The maximum atomic E-state index is 11.7. The fraction of sp³-hybridized carbons (Fsp3) is 0.385. The number of amides is 2. The van der Waals surface area contributed by atoms with Gasteiger partial charge in [0, 0.05) is 19.4 Å². The summed E-state index contributed by atoms with van der Waals surface area (Å²) in [5.74, 6) is -0.132. The Hall–Kier alpha value is -2.24. The Morgan fingerprint density at radius 2 is 1.95 bits per heavy atom. The third-order valence-electron chi connectivity index (χ3n) is 3.42. The van der Waals surface area contributed by atoms with E-state index in [1.165, 1.54) is 4.90 Å². The second kappa shape index (κ2) is 4.79. The minimum Gasteiger partial charge on any atom is -0.282 e. The van der Waals surface area contributed by atoms with Crippen LogP contribution >= 0.6 is 0 Å². The summed E-state index contributed by atoms with van der Waals surface area (Å²) in [5, 5.41) is 10.7. The number of carbonyl (C=O) groups excluding carboxylic acids is 2. The van der Waals surface area contributed by atoms with Gasteiger partial charge in [-0.2, -0.15) is 15.4 Å². The van der Waals surface area contributed by atoms with Crippen molar-refractivity contribution in [3.8, 4) is 0 Å². The van der Waals surface area contributed by atoms with E-state index in [4.69, 9.17) is 0 Å². The number of aromatic amines is 1. The third-order valence-corrected chi connectivity index (χ3v) is 3.42. The van der Waals surface area contributed by atoms with E-state index in [-0.39, 0.29) is 11.8 Å². The van der Waals surface area contributed by atoms with Crippen LogP contribution in [0.4, 0.5) is 0 Å². The number of benzene rings is 1. The number of fused-ring (bicyclic) bond motifs is 1. The maximum Gasteiger partial charge on any atom is 0.229 e. The summed E-state index contributed by atoms with van der Waals surface area (Å²) >= 11 is 0. The first-order chi connectivity index (χ1) is 9.25. The van der Waals surface area contributed by atoms with Crippen molar-refractivity contribution in [2.24, 2.45) is 0 Å². The lowest BCUT2D eigenvalue weighted by Crippen LogP contribution is -2.41. The molecule has 0 spiro atoms. The molecule has 0 bridgehead atoms. The number of hydrogen-bond acceptors (Lipinski definition) is 4. The Morgan fingerprint density at radius 3 is 2.74 bits per heavy atom. The molecular weight excluding hydrogens is 244 g/mol. The molecule has 1 N–H and O–H groups in total. The second-order valence-corrected chi connectivity index (χ2v) is 4.65. The summed E-state index contributed by atoms with van der Waals surface area (Å²) in [6, 6.07) is 5.73. The molecule has 1 aromatic heterocycles. The van der Waals surface area contributed by atoms with Crippen LogP contribution in [-0.4, -0.2) is 38.7 Å². The van der Waals surface area contributed by atoms with Crippen LogP contribution in [0.3, 0.4) is 0 Å². The smallest absolute Gasteiger partial charge is 0.229 e. The van der Waals surface area contributed by atoms with Crippen LogP contribution in [-0.2, 0) is 16.0 Å². The van der Waals surface area contributed by atoms with Gasteiger partial charge in [0.15, 0.2) is 0 Å². The number of H-pyrrole nitrogens is 1. The molecule has 0 unspecified atom stereocenters. The lowest BCUT2D eigenvalue weighted by atomic mass is 10.1. The van der Waals surface area contributed by atoms with Crippen molar-refractivity contribution in [2.75, 3.05) is 6.54 Å². The van der Waals surface area contributed by atoms with E-state index in [2.05, 4.69) is 15.4 Å². The first-order valence-electron chi connectivity index (χ1n) is 6.37. The van der Waals surface area contributed by atoms with Crippen molar-refractivity contribution >= 4 is 22.8 Å². The molecule has 1 aliphatic heterocycles. The molecule has 6 nitrogen and oxygen atoms in total. The number of nitrogens with zero attached hydrogens (tertiary/aromatic N) is 3. The Kier molecular flexibility index (Phi) is 2.98. The van der Waals surface area contributed by atoms with Crippen molar-refractivity contribution in [3.05, 3.63) is 23.8 Å². The maximum absolute atomic E-state index is 11.7. The van der Waals surface area contributed by atoms with Crippen LogP contribution in [0.5, 0.6) is 0 Å². The van der Waals surface area contributed by atoms with Crippen LogP contribution < -0.4 is 0 Å². The van der Waals surface area contributed by atoms with Crippen molar-refractivity contribution < 1.29 is 9.59 Å². The molecule has 1 aromatic carbocycles. The minimum atomic E-state index is -0.0661. The molecule has 1 saturated heterocycles. The molecule has 19 heavy (non-hydrogen) atoms. The van der Waals surface area contributed by atoms with Gasteiger partial charge in [0.25, 0.3) is 0 Å². The van der Waals surface area contributed by atoms with E-state index in [0.717, 1.165) is 16.6 Å². The second-order valence-electron chi connectivity index (χ2n) is 4.65.